The Morgan fingerprint density at radius 3 is 2.57 bits per heavy atom. The van der Waals surface area contributed by atoms with Crippen molar-refractivity contribution >= 4 is 0 Å². The molecule has 3 heteroatoms. The van der Waals surface area contributed by atoms with Crippen LogP contribution in [0.3, 0.4) is 0 Å². The smallest absolute Gasteiger partial charge is 0.132 e. The maximum absolute atomic E-state index is 14.5. The van der Waals surface area contributed by atoms with E-state index in [2.05, 4.69) is 5.32 Å². The molecule has 1 aromatic carbocycles. The first kappa shape index (κ1) is 15.0. The van der Waals surface area contributed by atoms with E-state index in [1.807, 2.05) is 0 Å². The van der Waals surface area contributed by atoms with Crippen molar-refractivity contribution in [3.63, 3.8) is 0 Å². The molecule has 2 aliphatic rings. The molecule has 2 atom stereocenters. The first-order valence-electron chi connectivity index (χ1n) is 8.34. The second-order valence-corrected chi connectivity index (χ2v) is 6.78. The van der Waals surface area contributed by atoms with Crippen molar-refractivity contribution in [2.75, 3.05) is 6.54 Å². The van der Waals surface area contributed by atoms with Gasteiger partial charge in [-0.05, 0) is 62.6 Å². The van der Waals surface area contributed by atoms with Gasteiger partial charge in [0.15, 0.2) is 0 Å². The Morgan fingerprint density at radius 1 is 1.05 bits per heavy atom. The van der Waals surface area contributed by atoms with Crippen LogP contribution in [-0.2, 0) is 0 Å². The topological polar surface area (TPSA) is 12.0 Å². The zero-order chi connectivity index (χ0) is 14.8. The zero-order valence-electron chi connectivity index (χ0n) is 12.8. The minimum atomic E-state index is -0.360. The van der Waals surface area contributed by atoms with Crippen molar-refractivity contribution in [2.45, 2.75) is 63.8 Å². The molecule has 0 radical (unpaired) electrons. The van der Waals surface area contributed by atoms with Crippen molar-refractivity contribution in [2.24, 2.45) is 5.92 Å². The molecule has 0 spiro atoms. The third-order valence-corrected chi connectivity index (χ3v) is 5.10. The Labute approximate surface area is 126 Å². The number of rotatable bonds is 4. The maximum atomic E-state index is 14.5. The van der Waals surface area contributed by atoms with Crippen LogP contribution < -0.4 is 5.32 Å². The van der Waals surface area contributed by atoms with Gasteiger partial charge in [-0.3, -0.25) is 0 Å². The summed E-state index contributed by atoms with van der Waals surface area (Å²) in [6, 6.07) is 3.63. The van der Waals surface area contributed by atoms with E-state index in [4.69, 9.17) is 0 Å². The van der Waals surface area contributed by atoms with E-state index in [0.717, 1.165) is 25.8 Å². The van der Waals surface area contributed by atoms with Crippen molar-refractivity contribution < 1.29 is 8.78 Å². The fourth-order valence-electron chi connectivity index (χ4n) is 3.63. The van der Waals surface area contributed by atoms with Crippen LogP contribution in [0.25, 0.3) is 0 Å². The van der Waals surface area contributed by atoms with Gasteiger partial charge in [0, 0.05) is 11.6 Å². The molecule has 2 fully saturated rings. The Kier molecular flexibility index (Phi) is 4.58. The first-order valence-corrected chi connectivity index (χ1v) is 8.34. The van der Waals surface area contributed by atoms with Gasteiger partial charge < -0.3 is 5.32 Å². The lowest BCUT2D eigenvalue weighted by molar-refractivity contribution is 0.355. The van der Waals surface area contributed by atoms with Gasteiger partial charge in [-0.25, -0.2) is 8.78 Å². The van der Waals surface area contributed by atoms with E-state index in [1.54, 1.807) is 13.0 Å². The fraction of sp³-hybridized carbons (Fsp3) is 0.667. The fourth-order valence-corrected chi connectivity index (χ4v) is 3.63. The molecule has 0 amide bonds. The normalized spacial score (nSPS) is 26.6. The van der Waals surface area contributed by atoms with E-state index in [0.29, 0.717) is 23.1 Å². The van der Waals surface area contributed by atoms with Crippen LogP contribution in [0.1, 0.15) is 62.0 Å². The third kappa shape index (κ3) is 3.45. The molecule has 1 N–H and O–H groups in total. The van der Waals surface area contributed by atoms with Crippen molar-refractivity contribution in [3.05, 3.63) is 34.9 Å². The monoisotopic (exact) mass is 293 g/mol. The van der Waals surface area contributed by atoms with Crippen LogP contribution in [0, 0.1) is 24.5 Å². The first-order chi connectivity index (χ1) is 10.2. The summed E-state index contributed by atoms with van der Waals surface area (Å²) in [7, 11) is 0. The molecule has 2 unspecified atom stereocenters. The minimum Gasteiger partial charge on any atom is -0.314 e. The van der Waals surface area contributed by atoms with E-state index in [9.17, 15) is 8.78 Å². The Bertz CT molecular complexity index is 496. The van der Waals surface area contributed by atoms with Crippen LogP contribution in [0.5, 0.6) is 0 Å². The van der Waals surface area contributed by atoms with E-state index >= 15 is 0 Å². The Hall–Kier alpha value is -0.960. The SMILES string of the molecule is Cc1ccc(F)c(C2CCCCCC2CNC2CC2)c1F. The van der Waals surface area contributed by atoms with Gasteiger partial charge in [0.2, 0.25) is 0 Å². The van der Waals surface area contributed by atoms with E-state index < -0.39 is 0 Å². The minimum absolute atomic E-state index is 0.0265. The summed E-state index contributed by atoms with van der Waals surface area (Å²) in [5.41, 5.74) is 0.907. The second kappa shape index (κ2) is 6.43. The molecule has 2 aliphatic carbocycles. The lowest BCUT2D eigenvalue weighted by Crippen LogP contribution is -2.29. The summed E-state index contributed by atoms with van der Waals surface area (Å²) in [6.07, 6.45) is 7.95. The number of halogens is 2. The molecular formula is C18H25F2N. The molecule has 0 aromatic heterocycles. The average molecular weight is 293 g/mol. The predicted octanol–water partition coefficient (Wildman–Crippen LogP) is 4.69. The largest absolute Gasteiger partial charge is 0.314 e. The lowest BCUT2D eigenvalue weighted by Gasteiger charge is -2.27. The summed E-state index contributed by atoms with van der Waals surface area (Å²) < 4.78 is 28.8. The van der Waals surface area contributed by atoms with Crippen LogP contribution in [0.4, 0.5) is 8.78 Å². The quantitative estimate of drug-likeness (QED) is 0.794. The average Bonchev–Trinajstić information content (AvgIpc) is 3.29. The molecule has 21 heavy (non-hydrogen) atoms. The molecule has 1 aromatic rings. The van der Waals surface area contributed by atoms with Crippen LogP contribution >= 0.6 is 0 Å². The van der Waals surface area contributed by atoms with Gasteiger partial charge in [-0.2, -0.15) is 0 Å². The van der Waals surface area contributed by atoms with Gasteiger partial charge >= 0.3 is 0 Å². The number of nitrogens with one attached hydrogen (secondary N) is 1. The molecule has 0 saturated heterocycles. The molecule has 3 rings (SSSR count). The van der Waals surface area contributed by atoms with Gasteiger partial charge in [0.1, 0.15) is 11.6 Å². The maximum Gasteiger partial charge on any atom is 0.132 e. The molecule has 1 nitrogen and oxygen atoms in total. The predicted molar refractivity (Wildman–Crippen MR) is 81.4 cm³/mol. The van der Waals surface area contributed by atoms with E-state index in [-0.39, 0.29) is 17.6 Å². The van der Waals surface area contributed by atoms with E-state index in [1.165, 1.54) is 31.7 Å². The lowest BCUT2D eigenvalue weighted by atomic mass is 9.81. The zero-order valence-corrected chi connectivity index (χ0v) is 12.8. The van der Waals surface area contributed by atoms with Gasteiger partial charge in [0.25, 0.3) is 0 Å². The second-order valence-electron chi connectivity index (χ2n) is 6.78. The Balaban J connectivity index is 1.85. The van der Waals surface area contributed by atoms with Gasteiger partial charge in [-0.1, -0.05) is 25.3 Å². The number of hydrogen-bond donors (Lipinski definition) is 1. The van der Waals surface area contributed by atoms with Crippen LogP contribution in [0.2, 0.25) is 0 Å². The summed E-state index contributed by atoms with van der Waals surface area (Å²) >= 11 is 0. The summed E-state index contributed by atoms with van der Waals surface area (Å²) in [6.45, 7) is 2.63. The van der Waals surface area contributed by atoms with Crippen LogP contribution in [-0.4, -0.2) is 12.6 Å². The third-order valence-electron chi connectivity index (χ3n) is 5.10. The molecule has 0 bridgehead atoms. The van der Waals surface area contributed by atoms with Crippen molar-refractivity contribution in [3.8, 4) is 0 Å². The van der Waals surface area contributed by atoms with Gasteiger partial charge in [-0.15, -0.1) is 0 Å². The molecular weight excluding hydrogens is 268 g/mol. The molecule has 0 heterocycles. The van der Waals surface area contributed by atoms with Crippen molar-refractivity contribution in [1.82, 2.24) is 5.32 Å². The number of aryl methyl sites for hydroxylation is 1. The highest BCUT2D eigenvalue weighted by Crippen LogP contribution is 2.39. The summed E-state index contributed by atoms with van der Waals surface area (Å²) in [5, 5.41) is 3.56. The highest BCUT2D eigenvalue weighted by molar-refractivity contribution is 5.30. The summed E-state index contributed by atoms with van der Waals surface area (Å²) in [5.74, 6) is -0.294. The highest BCUT2D eigenvalue weighted by atomic mass is 19.1. The summed E-state index contributed by atoms with van der Waals surface area (Å²) in [4.78, 5) is 0. The number of benzene rings is 1. The van der Waals surface area contributed by atoms with Gasteiger partial charge in [0.05, 0.1) is 0 Å². The highest BCUT2D eigenvalue weighted by Gasteiger charge is 2.31. The molecule has 116 valence electrons. The van der Waals surface area contributed by atoms with Crippen molar-refractivity contribution in [1.29, 1.82) is 0 Å². The Morgan fingerprint density at radius 2 is 1.81 bits per heavy atom. The molecule has 2 saturated carbocycles. The van der Waals surface area contributed by atoms with Crippen LogP contribution in [0.15, 0.2) is 12.1 Å². The standard InChI is InChI=1S/C18H25F2N/c1-12-7-10-16(19)17(18(12)20)15-6-4-2-3-5-13(15)11-21-14-8-9-14/h7,10,13-15,21H,2-6,8-9,11H2,1H3. The number of hydrogen-bond acceptors (Lipinski definition) is 1. The molecule has 0 aliphatic heterocycles.